The lowest BCUT2D eigenvalue weighted by Crippen LogP contribution is -2.41. The van der Waals surface area contributed by atoms with Crippen molar-refractivity contribution in [1.29, 1.82) is 0 Å². The molecule has 5 heteroatoms. The molecule has 5 nitrogen and oxygen atoms in total. The van der Waals surface area contributed by atoms with Gasteiger partial charge >= 0.3 is 0 Å². The summed E-state index contributed by atoms with van der Waals surface area (Å²) in [6.07, 6.45) is 5.17. The van der Waals surface area contributed by atoms with Crippen LogP contribution in [0.15, 0.2) is 4.52 Å². The molecule has 0 saturated heterocycles. The first kappa shape index (κ1) is 12.5. The average Bonchev–Trinajstić information content (AvgIpc) is 2.75. The summed E-state index contributed by atoms with van der Waals surface area (Å²) >= 11 is 0. The van der Waals surface area contributed by atoms with Crippen molar-refractivity contribution in [3.63, 3.8) is 0 Å². The first-order valence-corrected chi connectivity index (χ1v) is 6.32. The molecule has 0 aliphatic heterocycles. The van der Waals surface area contributed by atoms with Crippen molar-refractivity contribution in [3.05, 3.63) is 11.7 Å². The third-order valence-corrected chi connectivity index (χ3v) is 3.72. The standard InChI is InChI=1S/C12H21N3O2/c1-3-5-9(16-2)10-14-11(17-15-10)12(8-13)6-4-7-12/h9H,3-8,13H2,1-2H3. The number of ether oxygens (including phenoxy) is 1. The Labute approximate surface area is 102 Å². The van der Waals surface area contributed by atoms with Crippen LogP contribution in [0.4, 0.5) is 0 Å². The molecule has 2 rings (SSSR count). The highest BCUT2D eigenvalue weighted by Gasteiger charge is 2.42. The summed E-state index contributed by atoms with van der Waals surface area (Å²) in [4.78, 5) is 4.48. The minimum atomic E-state index is -0.0626. The molecule has 1 aliphatic rings. The van der Waals surface area contributed by atoms with Gasteiger partial charge in [-0.3, -0.25) is 0 Å². The molecular formula is C12H21N3O2. The van der Waals surface area contributed by atoms with Crippen molar-refractivity contribution < 1.29 is 9.26 Å². The van der Waals surface area contributed by atoms with E-state index >= 15 is 0 Å². The van der Waals surface area contributed by atoms with E-state index in [0.29, 0.717) is 18.3 Å². The van der Waals surface area contributed by atoms with Crippen LogP contribution in [-0.4, -0.2) is 23.8 Å². The van der Waals surface area contributed by atoms with Crippen LogP contribution in [0, 0.1) is 0 Å². The third kappa shape index (κ3) is 2.21. The Hall–Kier alpha value is -0.940. The predicted molar refractivity (Wildman–Crippen MR) is 63.5 cm³/mol. The molecule has 0 radical (unpaired) electrons. The van der Waals surface area contributed by atoms with Crippen LogP contribution in [0.3, 0.4) is 0 Å². The Balaban J connectivity index is 2.14. The van der Waals surface area contributed by atoms with Crippen molar-refractivity contribution in [1.82, 2.24) is 10.1 Å². The molecule has 0 amide bonds. The first-order valence-electron chi connectivity index (χ1n) is 6.32. The van der Waals surface area contributed by atoms with Gasteiger partial charge in [-0.1, -0.05) is 24.9 Å². The van der Waals surface area contributed by atoms with Gasteiger partial charge in [0.05, 0.1) is 5.41 Å². The summed E-state index contributed by atoms with van der Waals surface area (Å²) in [7, 11) is 1.68. The molecule has 2 N–H and O–H groups in total. The number of methoxy groups -OCH3 is 1. The fourth-order valence-corrected chi connectivity index (χ4v) is 2.30. The summed E-state index contributed by atoms with van der Waals surface area (Å²) in [6.45, 7) is 2.69. The van der Waals surface area contributed by atoms with Crippen LogP contribution in [-0.2, 0) is 10.2 Å². The molecule has 1 saturated carbocycles. The summed E-state index contributed by atoms with van der Waals surface area (Å²) in [6, 6.07) is 0. The lowest BCUT2D eigenvalue weighted by molar-refractivity contribution is 0.0853. The monoisotopic (exact) mass is 239 g/mol. The first-order chi connectivity index (χ1) is 8.25. The lowest BCUT2D eigenvalue weighted by atomic mass is 9.69. The molecule has 96 valence electrons. The number of nitrogens with two attached hydrogens (primary N) is 1. The molecule has 17 heavy (non-hydrogen) atoms. The van der Waals surface area contributed by atoms with E-state index in [1.165, 1.54) is 6.42 Å². The molecule has 1 atom stereocenters. The number of rotatable bonds is 6. The highest BCUT2D eigenvalue weighted by atomic mass is 16.5. The van der Waals surface area contributed by atoms with E-state index in [2.05, 4.69) is 17.1 Å². The van der Waals surface area contributed by atoms with Crippen molar-refractivity contribution in [2.24, 2.45) is 5.73 Å². The van der Waals surface area contributed by atoms with Crippen LogP contribution < -0.4 is 5.73 Å². The van der Waals surface area contributed by atoms with Crippen LogP contribution in [0.5, 0.6) is 0 Å². The molecular weight excluding hydrogens is 218 g/mol. The zero-order chi connectivity index (χ0) is 12.3. The SMILES string of the molecule is CCCC(OC)c1noc(C2(CN)CCC2)n1. The maximum absolute atomic E-state index is 5.82. The molecule has 1 heterocycles. The highest BCUT2D eigenvalue weighted by molar-refractivity contribution is 5.12. The van der Waals surface area contributed by atoms with Crippen molar-refractivity contribution in [2.45, 2.75) is 50.5 Å². The maximum atomic E-state index is 5.82. The largest absolute Gasteiger partial charge is 0.373 e. The minimum Gasteiger partial charge on any atom is -0.373 e. The fourth-order valence-electron chi connectivity index (χ4n) is 2.30. The van der Waals surface area contributed by atoms with E-state index < -0.39 is 0 Å². The average molecular weight is 239 g/mol. The Morgan fingerprint density at radius 2 is 2.29 bits per heavy atom. The fraction of sp³-hybridized carbons (Fsp3) is 0.833. The Morgan fingerprint density at radius 1 is 1.53 bits per heavy atom. The molecule has 1 aromatic rings. The summed E-state index contributed by atoms with van der Waals surface area (Å²) in [5.41, 5.74) is 5.76. The van der Waals surface area contributed by atoms with Crippen molar-refractivity contribution >= 4 is 0 Å². The van der Waals surface area contributed by atoms with E-state index in [1.54, 1.807) is 7.11 Å². The molecule has 1 fully saturated rings. The van der Waals surface area contributed by atoms with Gasteiger partial charge in [-0.2, -0.15) is 4.98 Å². The van der Waals surface area contributed by atoms with Crippen molar-refractivity contribution in [3.8, 4) is 0 Å². The molecule has 0 aromatic carbocycles. The van der Waals surface area contributed by atoms with E-state index in [0.717, 1.165) is 25.7 Å². The van der Waals surface area contributed by atoms with E-state index in [4.69, 9.17) is 15.0 Å². The van der Waals surface area contributed by atoms with Gasteiger partial charge in [0.1, 0.15) is 6.10 Å². The van der Waals surface area contributed by atoms with Gasteiger partial charge in [0.15, 0.2) is 0 Å². The van der Waals surface area contributed by atoms with Gasteiger partial charge in [-0.25, -0.2) is 0 Å². The quantitative estimate of drug-likeness (QED) is 0.821. The van der Waals surface area contributed by atoms with Gasteiger partial charge in [0.25, 0.3) is 0 Å². The number of aromatic nitrogens is 2. The van der Waals surface area contributed by atoms with Crippen LogP contribution in [0.25, 0.3) is 0 Å². The van der Waals surface area contributed by atoms with Gasteiger partial charge in [-0.15, -0.1) is 0 Å². The third-order valence-electron chi connectivity index (χ3n) is 3.72. The zero-order valence-corrected chi connectivity index (χ0v) is 10.6. The van der Waals surface area contributed by atoms with Crippen LogP contribution >= 0.6 is 0 Å². The second-order valence-electron chi connectivity index (χ2n) is 4.81. The Kier molecular flexibility index (Phi) is 3.79. The summed E-state index contributed by atoms with van der Waals surface area (Å²) < 4.78 is 10.7. The predicted octanol–water partition coefficient (Wildman–Crippen LogP) is 1.94. The van der Waals surface area contributed by atoms with E-state index in [9.17, 15) is 0 Å². The van der Waals surface area contributed by atoms with Gasteiger partial charge in [0, 0.05) is 13.7 Å². The highest BCUT2D eigenvalue weighted by Crippen LogP contribution is 2.42. The van der Waals surface area contributed by atoms with Gasteiger partial charge in [0.2, 0.25) is 11.7 Å². The smallest absolute Gasteiger partial charge is 0.234 e. The van der Waals surface area contributed by atoms with Gasteiger partial charge < -0.3 is 15.0 Å². The van der Waals surface area contributed by atoms with Gasteiger partial charge in [-0.05, 0) is 19.3 Å². The Bertz CT molecular complexity index is 355. The second kappa shape index (κ2) is 5.14. The second-order valence-corrected chi connectivity index (χ2v) is 4.81. The molecule has 1 aromatic heterocycles. The van der Waals surface area contributed by atoms with Crippen LogP contribution in [0.2, 0.25) is 0 Å². The summed E-state index contributed by atoms with van der Waals surface area (Å²) in [5.74, 6) is 1.35. The Morgan fingerprint density at radius 3 is 2.76 bits per heavy atom. The van der Waals surface area contributed by atoms with E-state index in [1.807, 2.05) is 0 Å². The summed E-state index contributed by atoms with van der Waals surface area (Å²) in [5, 5.41) is 4.04. The lowest BCUT2D eigenvalue weighted by Gasteiger charge is -2.36. The maximum Gasteiger partial charge on any atom is 0.234 e. The molecule has 1 unspecified atom stereocenters. The van der Waals surface area contributed by atoms with Crippen molar-refractivity contribution in [2.75, 3.05) is 13.7 Å². The zero-order valence-electron chi connectivity index (χ0n) is 10.6. The molecule has 0 bridgehead atoms. The van der Waals surface area contributed by atoms with E-state index in [-0.39, 0.29) is 11.5 Å². The molecule has 0 spiro atoms. The minimum absolute atomic E-state index is 0.0598. The number of hydrogen-bond acceptors (Lipinski definition) is 5. The number of nitrogens with zero attached hydrogens (tertiary/aromatic N) is 2. The number of hydrogen-bond donors (Lipinski definition) is 1. The molecule has 1 aliphatic carbocycles. The normalized spacial score (nSPS) is 19.9. The van der Waals surface area contributed by atoms with Crippen LogP contribution in [0.1, 0.15) is 56.8 Å². The topological polar surface area (TPSA) is 74.2 Å².